The van der Waals surface area contributed by atoms with Crippen LogP contribution in [0.1, 0.15) is 24.4 Å². The fourth-order valence-corrected chi connectivity index (χ4v) is 4.25. The summed E-state index contributed by atoms with van der Waals surface area (Å²) in [4.78, 5) is 23.1. The van der Waals surface area contributed by atoms with E-state index in [2.05, 4.69) is 20.8 Å². The average molecular weight is 511 g/mol. The summed E-state index contributed by atoms with van der Waals surface area (Å²) in [5, 5.41) is 25.2. The number of non-ortho nitro benzene ring substituents is 1. The molecule has 3 aromatic carbocycles. The molecule has 4 aromatic rings. The van der Waals surface area contributed by atoms with Gasteiger partial charge < -0.3 is 10.6 Å². The van der Waals surface area contributed by atoms with Crippen LogP contribution in [0.25, 0.3) is 5.69 Å². The summed E-state index contributed by atoms with van der Waals surface area (Å²) < 4.78 is 28.8. The van der Waals surface area contributed by atoms with Crippen molar-refractivity contribution in [2.45, 2.75) is 23.9 Å². The van der Waals surface area contributed by atoms with Crippen molar-refractivity contribution in [3.8, 4) is 5.69 Å². The Kier molecular flexibility index (Phi) is 7.54. The Labute approximate surface area is 208 Å². The molecule has 0 fully saturated rings. The molecule has 184 valence electrons. The summed E-state index contributed by atoms with van der Waals surface area (Å²) in [6.07, 6.45) is 0. The second kappa shape index (κ2) is 11.0. The van der Waals surface area contributed by atoms with E-state index < -0.39 is 22.8 Å². The molecule has 36 heavy (non-hydrogen) atoms. The van der Waals surface area contributed by atoms with Gasteiger partial charge in [0.1, 0.15) is 11.6 Å². The van der Waals surface area contributed by atoms with Gasteiger partial charge in [-0.15, -0.1) is 10.2 Å². The normalized spacial score (nSPS) is 11.6. The third-order valence-corrected chi connectivity index (χ3v) is 6.12. The van der Waals surface area contributed by atoms with Crippen molar-refractivity contribution in [2.24, 2.45) is 0 Å². The van der Waals surface area contributed by atoms with Gasteiger partial charge in [0.25, 0.3) is 5.69 Å². The van der Waals surface area contributed by atoms with Gasteiger partial charge in [0.05, 0.1) is 16.7 Å². The van der Waals surface area contributed by atoms with E-state index in [1.54, 1.807) is 41.8 Å². The molecular weight excluding hydrogens is 490 g/mol. The first-order chi connectivity index (χ1) is 17.3. The Hall–Kier alpha value is -4.32. The highest BCUT2D eigenvalue weighted by Gasteiger charge is 2.22. The van der Waals surface area contributed by atoms with E-state index in [1.165, 1.54) is 54.2 Å². The Balaban J connectivity index is 1.59. The molecule has 9 nitrogen and oxygen atoms in total. The van der Waals surface area contributed by atoms with Gasteiger partial charge in [0, 0.05) is 23.6 Å². The van der Waals surface area contributed by atoms with Crippen LogP contribution in [0, 0.1) is 21.7 Å². The summed E-state index contributed by atoms with van der Waals surface area (Å²) in [6, 6.07) is 16.3. The smallest absolute Gasteiger partial charge is 0.319 e. The third-order valence-electron chi connectivity index (χ3n) is 5.12. The van der Waals surface area contributed by atoms with Crippen molar-refractivity contribution in [1.82, 2.24) is 20.1 Å². The number of benzene rings is 3. The number of aromatic nitrogens is 3. The largest absolute Gasteiger partial charge is 0.328 e. The maximum Gasteiger partial charge on any atom is 0.319 e. The number of para-hydroxylation sites is 1. The minimum absolute atomic E-state index is 0.0228. The van der Waals surface area contributed by atoms with Crippen LogP contribution >= 0.6 is 11.8 Å². The molecule has 4 rings (SSSR count). The SMILES string of the molecule is CC(NC(=O)Nc1ccccc1F)c1nnc(SCc2ccc(F)cc2)n1-c1ccc([N+](=O)[O-])cc1. The number of amides is 2. The molecule has 0 radical (unpaired) electrons. The van der Waals surface area contributed by atoms with Crippen LogP contribution in [-0.2, 0) is 5.75 Å². The van der Waals surface area contributed by atoms with Crippen LogP contribution in [0.15, 0.2) is 78.0 Å². The summed E-state index contributed by atoms with van der Waals surface area (Å²) in [5.74, 6) is -0.0994. The summed E-state index contributed by atoms with van der Waals surface area (Å²) in [5.41, 5.74) is 1.35. The maximum absolute atomic E-state index is 13.9. The molecule has 0 spiro atoms. The number of hydrogen-bond donors (Lipinski definition) is 2. The second-order valence-electron chi connectivity index (χ2n) is 7.66. The van der Waals surface area contributed by atoms with E-state index in [0.29, 0.717) is 22.4 Å². The van der Waals surface area contributed by atoms with Crippen molar-refractivity contribution in [1.29, 1.82) is 0 Å². The number of nitrogens with zero attached hydrogens (tertiary/aromatic N) is 4. The molecule has 2 amide bonds. The molecule has 1 heterocycles. The first-order valence-corrected chi connectivity index (χ1v) is 11.7. The lowest BCUT2D eigenvalue weighted by molar-refractivity contribution is -0.384. The molecule has 0 aliphatic carbocycles. The quantitative estimate of drug-likeness (QED) is 0.180. The fraction of sp³-hybridized carbons (Fsp3) is 0.125. The van der Waals surface area contributed by atoms with Gasteiger partial charge in [0.15, 0.2) is 11.0 Å². The molecule has 0 saturated heterocycles. The Morgan fingerprint density at radius 1 is 1.06 bits per heavy atom. The van der Waals surface area contributed by atoms with Gasteiger partial charge in [-0.05, 0) is 48.9 Å². The van der Waals surface area contributed by atoms with Crippen molar-refractivity contribution >= 4 is 29.2 Å². The van der Waals surface area contributed by atoms with E-state index >= 15 is 0 Å². The number of carbonyl (C=O) groups excluding carboxylic acids is 1. The molecule has 12 heteroatoms. The Morgan fingerprint density at radius 2 is 1.75 bits per heavy atom. The minimum Gasteiger partial charge on any atom is -0.328 e. The topological polar surface area (TPSA) is 115 Å². The lowest BCUT2D eigenvalue weighted by atomic mass is 10.2. The van der Waals surface area contributed by atoms with E-state index in [0.717, 1.165) is 5.56 Å². The van der Waals surface area contributed by atoms with E-state index in [9.17, 15) is 23.7 Å². The molecular formula is C24H20F2N6O3S. The molecule has 1 aromatic heterocycles. The average Bonchev–Trinajstić information content (AvgIpc) is 3.29. The highest BCUT2D eigenvalue weighted by molar-refractivity contribution is 7.98. The molecule has 0 saturated carbocycles. The molecule has 1 atom stereocenters. The molecule has 0 aliphatic heterocycles. The number of carbonyl (C=O) groups is 1. The van der Waals surface area contributed by atoms with E-state index in [4.69, 9.17) is 0 Å². The van der Waals surface area contributed by atoms with Crippen LogP contribution in [-0.4, -0.2) is 25.7 Å². The zero-order valence-electron chi connectivity index (χ0n) is 18.9. The van der Waals surface area contributed by atoms with Gasteiger partial charge in [-0.3, -0.25) is 14.7 Å². The van der Waals surface area contributed by atoms with Crippen LogP contribution in [0.3, 0.4) is 0 Å². The lowest BCUT2D eigenvalue weighted by Crippen LogP contribution is -2.32. The molecule has 2 N–H and O–H groups in total. The van der Waals surface area contributed by atoms with Gasteiger partial charge in [-0.1, -0.05) is 36.0 Å². The first-order valence-electron chi connectivity index (χ1n) is 10.7. The maximum atomic E-state index is 13.9. The Bertz CT molecular complexity index is 1380. The van der Waals surface area contributed by atoms with E-state index in [1.807, 2.05) is 0 Å². The van der Waals surface area contributed by atoms with Gasteiger partial charge in [0.2, 0.25) is 0 Å². The fourth-order valence-electron chi connectivity index (χ4n) is 3.33. The number of nitro groups is 1. The number of nitro benzene ring substituents is 1. The zero-order valence-corrected chi connectivity index (χ0v) is 19.7. The van der Waals surface area contributed by atoms with Crippen molar-refractivity contribution < 1.29 is 18.5 Å². The van der Waals surface area contributed by atoms with E-state index in [-0.39, 0.29) is 17.2 Å². The van der Waals surface area contributed by atoms with Crippen LogP contribution in [0.4, 0.5) is 25.0 Å². The number of halogens is 2. The van der Waals surface area contributed by atoms with Crippen molar-refractivity contribution in [2.75, 3.05) is 5.32 Å². The van der Waals surface area contributed by atoms with Crippen LogP contribution in [0.5, 0.6) is 0 Å². The monoisotopic (exact) mass is 510 g/mol. The molecule has 0 bridgehead atoms. The summed E-state index contributed by atoms with van der Waals surface area (Å²) in [6.45, 7) is 1.68. The van der Waals surface area contributed by atoms with Gasteiger partial charge in [-0.2, -0.15) is 0 Å². The minimum atomic E-state index is -0.667. The zero-order chi connectivity index (χ0) is 25.7. The first kappa shape index (κ1) is 24.8. The predicted octanol–water partition coefficient (Wildman–Crippen LogP) is 5.63. The van der Waals surface area contributed by atoms with Crippen molar-refractivity contribution in [3.63, 3.8) is 0 Å². The number of nitrogens with one attached hydrogen (secondary N) is 2. The van der Waals surface area contributed by atoms with Crippen LogP contribution < -0.4 is 10.6 Å². The van der Waals surface area contributed by atoms with Gasteiger partial charge in [-0.25, -0.2) is 13.6 Å². The third kappa shape index (κ3) is 5.84. The Morgan fingerprint density at radius 3 is 2.42 bits per heavy atom. The summed E-state index contributed by atoms with van der Waals surface area (Å²) in [7, 11) is 0. The number of rotatable bonds is 8. The molecule has 1 unspecified atom stereocenters. The number of anilines is 1. The number of thioether (sulfide) groups is 1. The summed E-state index contributed by atoms with van der Waals surface area (Å²) >= 11 is 1.33. The van der Waals surface area contributed by atoms with Crippen molar-refractivity contribution in [3.05, 3.63) is 106 Å². The van der Waals surface area contributed by atoms with Crippen LogP contribution in [0.2, 0.25) is 0 Å². The number of urea groups is 1. The molecule has 0 aliphatic rings. The lowest BCUT2D eigenvalue weighted by Gasteiger charge is -2.17. The van der Waals surface area contributed by atoms with Gasteiger partial charge >= 0.3 is 6.03 Å². The second-order valence-corrected chi connectivity index (χ2v) is 8.61. The highest BCUT2D eigenvalue weighted by Crippen LogP contribution is 2.28. The number of hydrogen-bond acceptors (Lipinski definition) is 6. The predicted molar refractivity (Wildman–Crippen MR) is 131 cm³/mol. The standard InChI is InChI=1S/C24H20F2N6O3S/c1-15(27-23(33)28-21-5-3-2-4-20(21)26)22-29-30-24(36-14-16-6-8-17(25)9-7-16)31(22)18-10-12-19(13-11-18)32(34)35/h2-13,15H,14H2,1H3,(H2,27,28,33). The highest BCUT2D eigenvalue weighted by atomic mass is 32.2.